The van der Waals surface area contributed by atoms with E-state index in [9.17, 15) is 0 Å². The molecule has 3 nitrogen and oxygen atoms in total. The van der Waals surface area contributed by atoms with E-state index in [1.54, 1.807) is 0 Å². The van der Waals surface area contributed by atoms with Crippen molar-refractivity contribution >= 4 is 17.3 Å². The molecule has 0 saturated carbocycles. The summed E-state index contributed by atoms with van der Waals surface area (Å²) >= 11 is 5.26. The first-order valence-electron chi connectivity index (χ1n) is 6.22. The molecule has 0 amide bonds. The first-order chi connectivity index (χ1) is 7.53. The van der Waals surface area contributed by atoms with Crippen LogP contribution in [0.5, 0.6) is 0 Å². The average Bonchev–Trinajstić information content (AvgIpc) is 2.16. The molecular formula is C12H24N2OS. The van der Waals surface area contributed by atoms with Crippen molar-refractivity contribution in [1.29, 1.82) is 0 Å². The van der Waals surface area contributed by atoms with Gasteiger partial charge in [-0.15, -0.1) is 0 Å². The summed E-state index contributed by atoms with van der Waals surface area (Å²) in [5, 5.41) is 7.40. The molecule has 4 heteroatoms. The van der Waals surface area contributed by atoms with Gasteiger partial charge >= 0.3 is 0 Å². The summed E-state index contributed by atoms with van der Waals surface area (Å²) in [6.45, 7) is 8.24. The molecule has 1 rings (SSSR count). The van der Waals surface area contributed by atoms with Gasteiger partial charge in [0, 0.05) is 19.2 Å². The maximum absolute atomic E-state index is 5.67. The van der Waals surface area contributed by atoms with Gasteiger partial charge in [-0.25, -0.2) is 0 Å². The molecular weight excluding hydrogens is 220 g/mol. The third-order valence-corrected chi connectivity index (χ3v) is 3.11. The lowest BCUT2D eigenvalue weighted by Gasteiger charge is -2.36. The first kappa shape index (κ1) is 13.7. The molecule has 0 bridgehead atoms. The Balaban J connectivity index is 2.23. The Morgan fingerprint density at radius 2 is 2.25 bits per heavy atom. The van der Waals surface area contributed by atoms with Crippen molar-refractivity contribution in [2.24, 2.45) is 0 Å². The van der Waals surface area contributed by atoms with Gasteiger partial charge in [-0.05, 0) is 45.3 Å². The second-order valence-corrected chi connectivity index (χ2v) is 5.46. The number of rotatable bonds is 4. The Morgan fingerprint density at radius 3 is 2.88 bits per heavy atom. The minimum Gasteiger partial charge on any atom is -0.375 e. The van der Waals surface area contributed by atoms with E-state index < -0.39 is 0 Å². The smallest absolute Gasteiger partial charge is 0.166 e. The molecule has 1 saturated heterocycles. The molecule has 1 fully saturated rings. The van der Waals surface area contributed by atoms with Crippen molar-refractivity contribution < 1.29 is 4.74 Å². The summed E-state index contributed by atoms with van der Waals surface area (Å²) in [6.07, 6.45) is 4.42. The maximum Gasteiger partial charge on any atom is 0.166 e. The van der Waals surface area contributed by atoms with Crippen LogP contribution < -0.4 is 10.6 Å². The van der Waals surface area contributed by atoms with Crippen LogP contribution in [0.1, 0.15) is 46.5 Å². The highest BCUT2D eigenvalue weighted by atomic mass is 32.1. The van der Waals surface area contributed by atoms with Crippen molar-refractivity contribution in [2.75, 3.05) is 13.2 Å². The normalized spacial score (nSPS) is 23.8. The summed E-state index contributed by atoms with van der Waals surface area (Å²) in [4.78, 5) is 0. The van der Waals surface area contributed by atoms with Gasteiger partial charge in [0.05, 0.1) is 5.60 Å². The summed E-state index contributed by atoms with van der Waals surface area (Å²) in [5.74, 6) is 0. The number of hydrogen-bond acceptors (Lipinski definition) is 2. The molecule has 1 atom stereocenters. The lowest BCUT2D eigenvalue weighted by atomic mass is 9.94. The van der Waals surface area contributed by atoms with E-state index in [0.29, 0.717) is 6.04 Å². The second kappa shape index (κ2) is 6.40. The van der Waals surface area contributed by atoms with Crippen LogP contribution in [0.4, 0.5) is 0 Å². The fourth-order valence-electron chi connectivity index (χ4n) is 1.97. The maximum atomic E-state index is 5.67. The lowest BCUT2D eigenvalue weighted by molar-refractivity contribution is -0.0604. The van der Waals surface area contributed by atoms with Crippen LogP contribution in [-0.2, 0) is 4.74 Å². The largest absolute Gasteiger partial charge is 0.375 e. The third-order valence-electron chi connectivity index (χ3n) is 2.85. The Bertz CT molecular complexity index is 231. The van der Waals surface area contributed by atoms with Crippen molar-refractivity contribution in [3.05, 3.63) is 0 Å². The fraction of sp³-hybridized carbons (Fsp3) is 0.917. The lowest BCUT2D eigenvalue weighted by Crippen LogP contribution is -2.48. The van der Waals surface area contributed by atoms with Gasteiger partial charge in [-0.1, -0.05) is 13.3 Å². The molecule has 0 aromatic heterocycles. The van der Waals surface area contributed by atoms with Crippen LogP contribution >= 0.6 is 12.2 Å². The molecule has 1 aliphatic heterocycles. The molecule has 2 N–H and O–H groups in total. The monoisotopic (exact) mass is 244 g/mol. The zero-order chi connectivity index (χ0) is 12.0. The van der Waals surface area contributed by atoms with Gasteiger partial charge < -0.3 is 15.4 Å². The predicted octanol–water partition coefficient (Wildman–Crippen LogP) is 2.21. The van der Waals surface area contributed by atoms with E-state index in [1.807, 2.05) is 0 Å². The highest BCUT2D eigenvalue weighted by molar-refractivity contribution is 7.80. The topological polar surface area (TPSA) is 33.3 Å². The summed E-state index contributed by atoms with van der Waals surface area (Å²) in [5.41, 5.74) is -0.0189. The third kappa shape index (κ3) is 5.12. The highest BCUT2D eigenvalue weighted by Crippen LogP contribution is 2.23. The molecule has 0 aromatic carbocycles. The summed E-state index contributed by atoms with van der Waals surface area (Å²) in [6, 6.07) is 0.449. The van der Waals surface area contributed by atoms with Gasteiger partial charge in [0.1, 0.15) is 0 Å². The van der Waals surface area contributed by atoms with Gasteiger partial charge in [0.25, 0.3) is 0 Å². The fourth-order valence-corrected chi connectivity index (χ4v) is 2.24. The Kier molecular flexibility index (Phi) is 5.49. The number of nitrogens with one attached hydrogen (secondary N) is 2. The van der Waals surface area contributed by atoms with E-state index in [4.69, 9.17) is 17.0 Å². The molecule has 0 aromatic rings. The van der Waals surface area contributed by atoms with Gasteiger partial charge in [-0.3, -0.25) is 0 Å². The van der Waals surface area contributed by atoms with Crippen LogP contribution in [0.3, 0.4) is 0 Å². The van der Waals surface area contributed by atoms with E-state index in [1.165, 1.54) is 12.8 Å². The minimum absolute atomic E-state index is 0.0189. The molecule has 0 radical (unpaired) electrons. The first-order valence-corrected chi connectivity index (χ1v) is 6.62. The zero-order valence-corrected chi connectivity index (χ0v) is 11.5. The van der Waals surface area contributed by atoms with Crippen molar-refractivity contribution in [1.82, 2.24) is 10.6 Å². The second-order valence-electron chi connectivity index (χ2n) is 5.05. The van der Waals surface area contributed by atoms with Crippen LogP contribution in [0.15, 0.2) is 0 Å². The van der Waals surface area contributed by atoms with Crippen LogP contribution in [0.2, 0.25) is 0 Å². The van der Waals surface area contributed by atoms with E-state index >= 15 is 0 Å². The van der Waals surface area contributed by atoms with Gasteiger partial charge in [-0.2, -0.15) is 0 Å². The molecule has 16 heavy (non-hydrogen) atoms. The number of ether oxygens (including phenoxy) is 1. The molecule has 0 aliphatic carbocycles. The molecule has 94 valence electrons. The van der Waals surface area contributed by atoms with Crippen molar-refractivity contribution in [3.63, 3.8) is 0 Å². The van der Waals surface area contributed by atoms with Gasteiger partial charge in [0.15, 0.2) is 5.11 Å². The summed E-state index contributed by atoms with van der Waals surface area (Å²) in [7, 11) is 0. The zero-order valence-electron chi connectivity index (χ0n) is 10.6. The van der Waals surface area contributed by atoms with E-state index in [-0.39, 0.29) is 5.60 Å². The predicted molar refractivity (Wildman–Crippen MR) is 71.7 cm³/mol. The Hall–Kier alpha value is -0.350. The van der Waals surface area contributed by atoms with E-state index in [0.717, 1.165) is 31.1 Å². The standard InChI is InChI=1S/C12H24N2OS/c1-4-5-7-13-11(16)14-10-6-8-15-12(2,3)9-10/h10H,4-9H2,1-3H3,(H2,13,14,16). The quantitative estimate of drug-likeness (QED) is 0.587. The Labute approximate surface area is 104 Å². The molecule has 1 unspecified atom stereocenters. The minimum atomic E-state index is -0.0189. The Morgan fingerprint density at radius 1 is 1.50 bits per heavy atom. The molecule has 1 aliphatic rings. The number of thiocarbonyl (C=S) groups is 1. The van der Waals surface area contributed by atoms with Crippen LogP contribution in [0.25, 0.3) is 0 Å². The van der Waals surface area contributed by atoms with Crippen LogP contribution in [-0.4, -0.2) is 29.9 Å². The SMILES string of the molecule is CCCCNC(=S)NC1CCOC(C)(C)C1. The van der Waals surface area contributed by atoms with Crippen molar-refractivity contribution in [3.8, 4) is 0 Å². The molecule has 0 spiro atoms. The number of hydrogen-bond donors (Lipinski definition) is 2. The van der Waals surface area contributed by atoms with Crippen molar-refractivity contribution in [2.45, 2.75) is 58.1 Å². The average molecular weight is 244 g/mol. The number of unbranched alkanes of at least 4 members (excludes halogenated alkanes) is 1. The van der Waals surface area contributed by atoms with E-state index in [2.05, 4.69) is 31.4 Å². The summed E-state index contributed by atoms with van der Waals surface area (Å²) < 4.78 is 5.67. The highest BCUT2D eigenvalue weighted by Gasteiger charge is 2.28. The van der Waals surface area contributed by atoms with Crippen LogP contribution in [0, 0.1) is 0 Å². The van der Waals surface area contributed by atoms with Gasteiger partial charge in [0.2, 0.25) is 0 Å². The molecule has 1 heterocycles.